The van der Waals surface area contributed by atoms with E-state index in [9.17, 15) is 21.8 Å². The Hall–Kier alpha value is -2.19. The van der Waals surface area contributed by atoms with Crippen LogP contribution in [0, 0.1) is 11.2 Å². The van der Waals surface area contributed by atoms with Crippen LogP contribution in [0.1, 0.15) is 51.3 Å². The second kappa shape index (κ2) is 8.98. The quantitative estimate of drug-likeness (QED) is 0.395. The number of aromatic nitrogens is 1. The van der Waals surface area contributed by atoms with E-state index >= 15 is 0 Å². The summed E-state index contributed by atoms with van der Waals surface area (Å²) in [6.07, 6.45) is -0.472. The van der Waals surface area contributed by atoms with Crippen molar-refractivity contribution in [2.24, 2.45) is 5.41 Å². The molecule has 1 N–H and O–H groups in total. The summed E-state index contributed by atoms with van der Waals surface area (Å²) in [6.45, 7) is 8.79. The molecule has 0 aliphatic rings. The molecule has 0 aliphatic heterocycles. The van der Waals surface area contributed by atoms with Crippen LogP contribution in [-0.4, -0.2) is 15.0 Å². The van der Waals surface area contributed by atoms with Crippen molar-refractivity contribution in [1.82, 2.24) is 9.29 Å². The molecule has 0 bridgehead atoms. The minimum Gasteiger partial charge on any atom is -0.347 e. The van der Waals surface area contributed by atoms with Crippen molar-refractivity contribution in [2.75, 3.05) is 6.26 Å². The van der Waals surface area contributed by atoms with Crippen LogP contribution in [-0.2, 0) is 23.7 Å². The van der Waals surface area contributed by atoms with Gasteiger partial charge in [-0.2, -0.15) is 13.2 Å². The Labute approximate surface area is 188 Å². The van der Waals surface area contributed by atoms with Crippen LogP contribution in [0.2, 0.25) is 0 Å². The minimum atomic E-state index is -4.67. The van der Waals surface area contributed by atoms with Crippen molar-refractivity contribution in [1.29, 1.82) is 0 Å². The van der Waals surface area contributed by atoms with Crippen LogP contribution in [0.3, 0.4) is 0 Å². The molecule has 0 amide bonds. The molecule has 1 unspecified atom stereocenters. The second-order valence-corrected chi connectivity index (χ2v) is 10.3. The zero-order valence-electron chi connectivity index (χ0n) is 18.8. The summed E-state index contributed by atoms with van der Waals surface area (Å²) >= 11 is 0. The van der Waals surface area contributed by atoms with Crippen LogP contribution in [0.25, 0.3) is 22.0 Å². The van der Waals surface area contributed by atoms with Gasteiger partial charge in [0.25, 0.3) is 0 Å². The van der Waals surface area contributed by atoms with E-state index in [4.69, 9.17) is 0 Å². The molecule has 3 nitrogen and oxygen atoms in total. The van der Waals surface area contributed by atoms with Gasteiger partial charge in [-0.1, -0.05) is 45.9 Å². The monoisotopic (exact) mass is 468 g/mol. The first-order valence-electron chi connectivity index (χ1n) is 10.4. The number of hydrogen-bond acceptors (Lipinski definition) is 1. The molecule has 0 aliphatic carbocycles. The molecule has 0 spiro atoms. The maximum absolute atomic E-state index is 14.6. The summed E-state index contributed by atoms with van der Waals surface area (Å²) in [5.74, 6) is -0.914. The van der Waals surface area contributed by atoms with Crippen molar-refractivity contribution < 1.29 is 21.8 Å². The molecule has 3 rings (SSSR count). The van der Waals surface area contributed by atoms with Crippen LogP contribution in [0.5, 0.6) is 0 Å². The molecular weight excluding hydrogens is 440 g/mol. The molecule has 0 fully saturated rings. The number of alkyl halides is 3. The molecule has 8 heteroatoms. The van der Waals surface area contributed by atoms with E-state index < -0.39 is 34.1 Å². The Balaban J connectivity index is 2.27. The third-order valence-electron chi connectivity index (χ3n) is 5.26. The first kappa shape index (κ1) is 24.5. The zero-order valence-corrected chi connectivity index (χ0v) is 19.6. The highest BCUT2D eigenvalue weighted by Gasteiger charge is 2.35. The van der Waals surface area contributed by atoms with Crippen LogP contribution < -0.4 is 4.72 Å². The van der Waals surface area contributed by atoms with E-state index in [0.29, 0.717) is 18.5 Å². The van der Waals surface area contributed by atoms with E-state index in [0.717, 1.165) is 29.1 Å². The SMILES string of the molecule is CC[C@@H](NS(C)=O)c1cn(CC(C)(C)C)c2cc(-c3c(F)cccc3C(F)(F)F)ccc12. The summed E-state index contributed by atoms with van der Waals surface area (Å²) in [5, 5.41) is 0.840. The third kappa shape index (κ3) is 5.23. The standard InChI is InChI=1S/C24H28F4N2OS/c1-6-20(29-32(5)31)17-13-30(14-23(2,3)4)21-12-15(10-11-16(17)21)22-18(24(26,27)28)8-7-9-19(22)25/h7-13,20,29H,6,14H2,1-5H3/t20-,32?/m1/s1. The molecule has 3 aromatic rings. The van der Waals surface area contributed by atoms with Gasteiger partial charge in [-0.3, -0.25) is 0 Å². The van der Waals surface area contributed by atoms with E-state index in [1.54, 1.807) is 18.4 Å². The maximum Gasteiger partial charge on any atom is 0.417 e. The number of fused-ring (bicyclic) bond motifs is 1. The average Bonchev–Trinajstić information content (AvgIpc) is 3.01. The third-order valence-corrected chi connectivity index (χ3v) is 5.87. The Kier molecular flexibility index (Phi) is 6.86. The predicted molar refractivity (Wildman–Crippen MR) is 122 cm³/mol. The van der Waals surface area contributed by atoms with Gasteiger partial charge in [0.1, 0.15) is 5.82 Å². The largest absolute Gasteiger partial charge is 0.417 e. The molecule has 2 aromatic carbocycles. The van der Waals surface area contributed by atoms with E-state index in [2.05, 4.69) is 25.5 Å². The Morgan fingerprint density at radius 1 is 1.12 bits per heavy atom. The highest BCUT2D eigenvalue weighted by molar-refractivity contribution is 7.82. The van der Waals surface area contributed by atoms with Gasteiger partial charge in [0.15, 0.2) is 0 Å². The maximum atomic E-state index is 14.6. The minimum absolute atomic E-state index is 0.100. The lowest BCUT2D eigenvalue weighted by atomic mass is 9.95. The lowest BCUT2D eigenvalue weighted by molar-refractivity contribution is -0.137. The molecule has 1 heterocycles. The Bertz CT molecular complexity index is 1150. The molecule has 0 saturated carbocycles. The first-order valence-corrected chi connectivity index (χ1v) is 12.0. The zero-order chi connectivity index (χ0) is 23.8. The van der Waals surface area contributed by atoms with Gasteiger partial charge in [0, 0.05) is 41.5 Å². The molecule has 1 aromatic heterocycles. The fourth-order valence-corrected chi connectivity index (χ4v) is 4.71. The van der Waals surface area contributed by atoms with Crippen LogP contribution >= 0.6 is 0 Å². The van der Waals surface area contributed by atoms with Crippen molar-refractivity contribution in [3.63, 3.8) is 0 Å². The van der Waals surface area contributed by atoms with Gasteiger partial charge in [-0.05, 0) is 41.2 Å². The molecule has 0 saturated heterocycles. The summed E-state index contributed by atoms with van der Waals surface area (Å²) < 4.78 is 72.3. The lowest BCUT2D eigenvalue weighted by Gasteiger charge is -2.20. The normalized spacial score (nSPS) is 14.7. The van der Waals surface area contributed by atoms with E-state index in [-0.39, 0.29) is 17.0 Å². The lowest BCUT2D eigenvalue weighted by Crippen LogP contribution is -2.22. The Morgan fingerprint density at radius 2 is 1.81 bits per heavy atom. The number of nitrogens with one attached hydrogen (secondary N) is 1. The van der Waals surface area contributed by atoms with Gasteiger partial charge < -0.3 is 4.57 Å². The van der Waals surface area contributed by atoms with Gasteiger partial charge >= 0.3 is 6.18 Å². The number of benzene rings is 2. The van der Waals surface area contributed by atoms with E-state index in [1.807, 2.05) is 17.7 Å². The smallest absolute Gasteiger partial charge is 0.347 e. The molecule has 32 heavy (non-hydrogen) atoms. The number of hydrogen-bond donors (Lipinski definition) is 1. The van der Waals surface area contributed by atoms with Gasteiger partial charge in [-0.25, -0.2) is 13.3 Å². The van der Waals surface area contributed by atoms with Crippen molar-refractivity contribution in [3.05, 3.63) is 59.5 Å². The highest BCUT2D eigenvalue weighted by Crippen LogP contribution is 2.40. The average molecular weight is 469 g/mol. The number of nitrogens with zero attached hydrogens (tertiary/aromatic N) is 1. The van der Waals surface area contributed by atoms with Gasteiger partial charge in [0.2, 0.25) is 0 Å². The highest BCUT2D eigenvalue weighted by atomic mass is 32.2. The summed E-state index contributed by atoms with van der Waals surface area (Å²) in [4.78, 5) is 0. The summed E-state index contributed by atoms with van der Waals surface area (Å²) in [5.41, 5.74) is 0.246. The summed E-state index contributed by atoms with van der Waals surface area (Å²) in [6, 6.07) is 7.70. The fourth-order valence-electron chi connectivity index (χ4n) is 4.02. The Morgan fingerprint density at radius 3 is 2.38 bits per heavy atom. The second-order valence-electron chi connectivity index (χ2n) is 9.20. The summed E-state index contributed by atoms with van der Waals surface area (Å²) in [7, 11) is -1.23. The van der Waals surface area contributed by atoms with Crippen molar-refractivity contribution in [2.45, 2.75) is 52.9 Å². The van der Waals surface area contributed by atoms with Gasteiger partial charge in [0.05, 0.1) is 16.5 Å². The van der Waals surface area contributed by atoms with Crippen LogP contribution in [0.15, 0.2) is 42.6 Å². The molecular formula is C24H28F4N2OS. The molecule has 174 valence electrons. The van der Waals surface area contributed by atoms with E-state index in [1.165, 1.54) is 6.07 Å². The van der Waals surface area contributed by atoms with Gasteiger partial charge in [-0.15, -0.1) is 0 Å². The van der Waals surface area contributed by atoms with Crippen molar-refractivity contribution in [3.8, 4) is 11.1 Å². The molecule has 2 atom stereocenters. The van der Waals surface area contributed by atoms with Crippen molar-refractivity contribution >= 4 is 21.9 Å². The van der Waals surface area contributed by atoms with Crippen LogP contribution in [0.4, 0.5) is 17.6 Å². The number of rotatable bonds is 6. The first-order chi connectivity index (χ1) is 14.8. The topological polar surface area (TPSA) is 34.0 Å². The number of halogens is 4. The predicted octanol–water partition coefficient (Wildman–Crippen LogP) is 6.85. The molecule has 0 radical (unpaired) electrons. The fraction of sp³-hybridized carbons (Fsp3) is 0.417.